The topological polar surface area (TPSA) is 78.3 Å². The van der Waals surface area contributed by atoms with Gasteiger partial charge in [-0.05, 0) is 36.2 Å². The van der Waals surface area contributed by atoms with E-state index in [2.05, 4.69) is 0 Å². The van der Waals surface area contributed by atoms with Gasteiger partial charge >= 0.3 is 0 Å². The Hall–Kier alpha value is -2.20. The molecule has 0 saturated heterocycles. The molecule has 4 nitrogen and oxygen atoms in total. The second kappa shape index (κ2) is 5.84. The van der Waals surface area contributed by atoms with E-state index in [1.54, 1.807) is 6.07 Å². The van der Waals surface area contributed by atoms with Crippen LogP contribution in [-0.2, 0) is 6.42 Å². The molecule has 0 saturated carbocycles. The van der Waals surface area contributed by atoms with E-state index in [1.807, 2.05) is 25.1 Å². The van der Waals surface area contributed by atoms with Gasteiger partial charge in [0.25, 0.3) is 5.91 Å². The summed E-state index contributed by atoms with van der Waals surface area (Å²) in [6.07, 6.45) is 0.884. The largest absolute Gasteiger partial charge is 0.455 e. The predicted octanol–water partition coefficient (Wildman–Crippen LogP) is 3.38. The van der Waals surface area contributed by atoms with Gasteiger partial charge in [-0.1, -0.05) is 30.7 Å². The summed E-state index contributed by atoms with van der Waals surface area (Å²) >= 11 is 6.09. The van der Waals surface area contributed by atoms with Gasteiger partial charge in [-0.2, -0.15) is 0 Å². The first-order valence-corrected chi connectivity index (χ1v) is 6.54. The van der Waals surface area contributed by atoms with Crippen LogP contribution in [0.25, 0.3) is 0 Å². The zero-order chi connectivity index (χ0) is 14.7. The van der Waals surface area contributed by atoms with Crippen molar-refractivity contribution in [1.82, 2.24) is 0 Å². The number of rotatable bonds is 4. The lowest BCUT2D eigenvalue weighted by Gasteiger charge is -2.12. The second-order valence-corrected chi connectivity index (χ2v) is 4.75. The zero-order valence-electron chi connectivity index (χ0n) is 11.0. The average molecular weight is 291 g/mol. The lowest BCUT2D eigenvalue weighted by atomic mass is 10.1. The van der Waals surface area contributed by atoms with Crippen LogP contribution in [0.3, 0.4) is 0 Å². The lowest BCUT2D eigenvalue weighted by molar-refractivity contribution is 0.0998. The monoisotopic (exact) mass is 290 g/mol. The third-order valence-electron chi connectivity index (χ3n) is 2.86. The van der Waals surface area contributed by atoms with E-state index in [9.17, 15) is 4.79 Å². The van der Waals surface area contributed by atoms with Crippen LogP contribution in [0, 0.1) is 0 Å². The van der Waals surface area contributed by atoms with Crippen LogP contribution in [0.4, 0.5) is 5.69 Å². The highest BCUT2D eigenvalue weighted by Gasteiger charge is 2.15. The molecule has 2 aromatic rings. The average Bonchev–Trinajstić information content (AvgIpc) is 2.41. The van der Waals surface area contributed by atoms with Crippen LogP contribution in [0.1, 0.15) is 22.8 Å². The van der Waals surface area contributed by atoms with Crippen LogP contribution in [-0.4, -0.2) is 5.91 Å². The number of nitrogen functional groups attached to an aromatic ring is 1. The molecule has 0 aliphatic heterocycles. The van der Waals surface area contributed by atoms with Crippen LogP contribution < -0.4 is 16.2 Å². The van der Waals surface area contributed by atoms with Crippen molar-refractivity contribution in [2.75, 3.05) is 5.73 Å². The van der Waals surface area contributed by atoms with Crippen molar-refractivity contribution >= 4 is 23.2 Å². The standard InChI is InChI=1S/C15H15ClN2O2/c1-2-9-4-3-5-11(6-9)20-14-12(15(18)19)7-10(17)8-13(14)16/h3-8H,2,17H2,1H3,(H2,18,19). The fraction of sp³-hybridized carbons (Fsp3) is 0.133. The maximum atomic E-state index is 11.5. The minimum absolute atomic E-state index is 0.164. The Labute approximate surface area is 122 Å². The molecule has 0 aliphatic rings. The van der Waals surface area contributed by atoms with Gasteiger partial charge in [0.05, 0.1) is 10.6 Å². The number of aryl methyl sites for hydroxylation is 1. The number of carbonyl (C=O) groups is 1. The molecule has 2 rings (SSSR count). The Morgan fingerprint density at radius 2 is 2.05 bits per heavy atom. The summed E-state index contributed by atoms with van der Waals surface area (Å²) in [6, 6.07) is 10.5. The maximum absolute atomic E-state index is 11.5. The van der Waals surface area contributed by atoms with Crippen LogP contribution in [0.2, 0.25) is 5.02 Å². The minimum Gasteiger partial charge on any atom is -0.455 e. The normalized spacial score (nSPS) is 10.3. The quantitative estimate of drug-likeness (QED) is 0.847. The molecular weight excluding hydrogens is 276 g/mol. The zero-order valence-corrected chi connectivity index (χ0v) is 11.8. The molecule has 2 aromatic carbocycles. The van der Waals surface area contributed by atoms with Crippen molar-refractivity contribution in [2.24, 2.45) is 5.73 Å². The molecule has 5 heteroatoms. The summed E-state index contributed by atoms with van der Waals surface area (Å²) in [4.78, 5) is 11.5. The van der Waals surface area contributed by atoms with Gasteiger partial charge in [0.1, 0.15) is 5.75 Å². The maximum Gasteiger partial charge on any atom is 0.252 e. The van der Waals surface area contributed by atoms with E-state index in [0.717, 1.165) is 12.0 Å². The van der Waals surface area contributed by atoms with Gasteiger partial charge in [0, 0.05) is 5.69 Å². The number of anilines is 1. The van der Waals surface area contributed by atoms with E-state index < -0.39 is 5.91 Å². The molecule has 20 heavy (non-hydrogen) atoms. The van der Waals surface area contributed by atoms with E-state index in [4.69, 9.17) is 27.8 Å². The minimum atomic E-state index is -0.638. The van der Waals surface area contributed by atoms with Crippen molar-refractivity contribution in [1.29, 1.82) is 0 Å². The molecule has 0 radical (unpaired) electrons. The molecule has 4 N–H and O–H groups in total. The summed E-state index contributed by atoms with van der Waals surface area (Å²) in [5.74, 6) is 0.181. The summed E-state index contributed by atoms with van der Waals surface area (Å²) in [6.45, 7) is 2.05. The first-order valence-electron chi connectivity index (χ1n) is 6.17. The number of ether oxygens (including phenoxy) is 1. The smallest absolute Gasteiger partial charge is 0.252 e. The SMILES string of the molecule is CCc1cccc(Oc2c(Cl)cc(N)cc2C(N)=O)c1. The molecule has 0 fully saturated rings. The number of hydrogen-bond acceptors (Lipinski definition) is 3. The number of nitrogens with two attached hydrogens (primary N) is 2. The van der Waals surface area contributed by atoms with Gasteiger partial charge < -0.3 is 16.2 Å². The molecule has 1 amide bonds. The van der Waals surface area contributed by atoms with Gasteiger partial charge in [0.2, 0.25) is 0 Å². The van der Waals surface area contributed by atoms with Gasteiger partial charge in [-0.25, -0.2) is 0 Å². The molecule has 0 bridgehead atoms. The van der Waals surface area contributed by atoms with E-state index in [0.29, 0.717) is 11.4 Å². The number of amides is 1. The Bertz CT molecular complexity index is 656. The third kappa shape index (κ3) is 3.03. The lowest BCUT2D eigenvalue weighted by Crippen LogP contribution is -2.13. The van der Waals surface area contributed by atoms with Crippen molar-refractivity contribution in [3.63, 3.8) is 0 Å². The van der Waals surface area contributed by atoms with E-state index in [1.165, 1.54) is 12.1 Å². The highest BCUT2D eigenvalue weighted by atomic mass is 35.5. The van der Waals surface area contributed by atoms with Crippen molar-refractivity contribution in [2.45, 2.75) is 13.3 Å². The van der Waals surface area contributed by atoms with Crippen molar-refractivity contribution in [3.8, 4) is 11.5 Å². The van der Waals surface area contributed by atoms with Crippen LogP contribution in [0.5, 0.6) is 11.5 Å². The summed E-state index contributed by atoms with van der Waals surface area (Å²) < 4.78 is 5.71. The first-order chi connectivity index (χ1) is 9.51. The predicted molar refractivity (Wildman–Crippen MR) is 80.3 cm³/mol. The summed E-state index contributed by atoms with van der Waals surface area (Å²) in [7, 11) is 0. The number of carbonyl (C=O) groups excluding carboxylic acids is 1. The molecule has 0 spiro atoms. The molecule has 0 unspecified atom stereocenters. The highest BCUT2D eigenvalue weighted by molar-refractivity contribution is 6.33. The molecule has 0 aliphatic carbocycles. The number of benzene rings is 2. The van der Waals surface area contributed by atoms with E-state index >= 15 is 0 Å². The van der Waals surface area contributed by atoms with Crippen LogP contribution in [0.15, 0.2) is 36.4 Å². The number of primary amides is 1. The van der Waals surface area contributed by atoms with E-state index in [-0.39, 0.29) is 16.3 Å². The fourth-order valence-corrected chi connectivity index (χ4v) is 2.11. The Kier molecular flexibility index (Phi) is 4.15. The molecule has 0 heterocycles. The first kappa shape index (κ1) is 14.2. The molecule has 0 atom stereocenters. The molecule has 0 aromatic heterocycles. The number of halogens is 1. The number of hydrogen-bond donors (Lipinski definition) is 2. The molecular formula is C15H15ClN2O2. The van der Waals surface area contributed by atoms with Gasteiger partial charge in [-0.15, -0.1) is 0 Å². The third-order valence-corrected chi connectivity index (χ3v) is 3.14. The van der Waals surface area contributed by atoms with Crippen molar-refractivity contribution in [3.05, 3.63) is 52.5 Å². The summed E-state index contributed by atoms with van der Waals surface area (Å²) in [5.41, 5.74) is 12.6. The van der Waals surface area contributed by atoms with Gasteiger partial charge in [0.15, 0.2) is 5.75 Å². The fourth-order valence-electron chi connectivity index (χ4n) is 1.85. The van der Waals surface area contributed by atoms with Crippen molar-refractivity contribution < 1.29 is 9.53 Å². The highest BCUT2D eigenvalue weighted by Crippen LogP contribution is 2.35. The second-order valence-electron chi connectivity index (χ2n) is 4.35. The summed E-state index contributed by atoms with van der Waals surface area (Å²) in [5, 5.41) is 0.251. The Balaban J connectivity index is 2.44. The molecule has 104 valence electrons. The van der Waals surface area contributed by atoms with Gasteiger partial charge in [-0.3, -0.25) is 4.79 Å². The Morgan fingerprint density at radius 1 is 1.30 bits per heavy atom. The van der Waals surface area contributed by atoms with Crippen LogP contribution >= 0.6 is 11.6 Å². The Morgan fingerprint density at radius 3 is 2.70 bits per heavy atom.